The lowest BCUT2D eigenvalue weighted by Gasteiger charge is -2.43. The summed E-state index contributed by atoms with van der Waals surface area (Å²) in [4.78, 5) is 10.8. The standard InChI is InChI=1S/C16H30N2O5/c1-13(19)18-8-4-6-15-22-11-16(12-23-15)9-20-14(21-10-16)5-3-7-17-2/h14-15,17H,3-12H2,1-2H3,(H,18,19). The number of carbonyl (C=O) groups excluding carboxylic acids is 1. The van der Waals surface area contributed by atoms with Gasteiger partial charge in [-0.2, -0.15) is 0 Å². The van der Waals surface area contributed by atoms with Crippen LogP contribution in [0.2, 0.25) is 0 Å². The first-order chi connectivity index (χ1) is 11.1. The highest BCUT2D eigenvalue weighted by atomic mass is 16.7. The fourth-order valence-electron chi connectivity index (χ4n) is 2.74. The zero-order chi connectivity index (χ0) is 16.5. The summed E-state index contributed by atoms with van der Waals surface area (Å²) >= 11 is 0. The highest BCUT2D eigenvalue weighted by molar-refractivity contribution is 5.72. The van der Waals surface area contributed by atoms with E-state index >= 15 is 0 Å². The first kappa shape index (κ1) is 18.6. The quantitative estimate of drug-likeness (QED) is 0.636. The Hall–Kier alpha value is -0.730. The molecule has 0 aromatic rings. The first-order valence-corrected chi connectivity index (χ1v) is 8.49. The Bertz CT molecular complexity index is 348. The second-order valence-corrected chi connectivity index (χ2v) is 6.47. The lowest BCUT2D eigenvalue weighted by molar-refractivity contribution is -0.304. The van der Waals surface area contributed by atoms with E-state index in [1.165, 1.54) is 6.92 Å². The monoisotopic (exact) mass is 330 g/mol. The fraction of sp³-hybridized carbons (Fsp3) is 0.938. The van der Waals surface area contributed by atoms with Crippen LogP contribution in [-0.2, 0) is 23.7 Å². The van der Waals surface area contributed by atoms with Gasteiger partial charge in [-0.15, -0.1) is 0 Å². The van der Waals surface area contributed by atoms with Crippen LogP contribution in [0.1, 0.15) is 32.6 Å². The Morgan fingerprint density at radius 3 is 1.87 bits per heavy atom. The maximum atomic E-state index is 10.8. The molecule has 0 aromatic carbocycles. The highest BCUT2D eigenvalue weighted by Crippen LogP contribution is 2.31. The second-order valence-electron chi connectivity index (χ2n) is 6.47. The number of rotatable bonds is 8. The van der Waals surface area contributed by atoms with Crippen LogP contribution in [0.5, 0.6) is 0 Å². The Labute approximate surface area is 138 Å². The fourth-order valence-corrected chi connectivity index (χ4v) is 2.74. The minimum atomic E-state index is -0.192. The molecule has 23 heavy (non-hydrogen) atoms. The van der Waals surface area contributed by atoms with Crippen LogP contribution >= 0.6 is 0 Å². The molecule has 0 saturated carbocycles. The van der Waals surface area contributed by atoms with Gasteiger partial charge in [-0.05, 0) is 32.9 Å². The van der Waals surface area contributed by atoms with Gasteiger partial charge in [-0.1, -0.05) is 0 Å². The minimum absolute atomic E-state index is 0.00444. The van der Waals surface area contributed by atoms with Crippen molar-refractivity contribution in [3.05, 3.63) is 0 Å². The van der Waals surface area contributed by atoms with E-state index in [2.05, 4.69) is 10.6 Å². The molecule has 7 heteroatoms. The summed E-state index contributed by atoms with van der Waals surface area (Å²) < 4.78 is 23.3. The Morgan fingerprint density at radius 1 is 0.957 bits per heavy atom. The molecule has 1 amide bonds. The largest absolute Gasteiger partial charge is 0.356 e. The molecule has 0 aliphatic carbocycles. The molecule has 0 bridgehead atoms. The van der Waals surface area contributed by atoms with Gasteiger partial charge in [0.2, 0.25) is 5.91 Å². The SMILES string of the molecule is CNCCCC1OCC2(CO1)COC(CCCNC(C)=O)OC2. The molecule has 134 valence electrons. The molecule has 2 rings (SSSR count). The van der Waals surface area contributed by atoms with Crippen LogP contribution in [0.3, 0.4) is 0 Å². The predicted octanol–water partition coefficient (Wildman–Crippen LogP) is 0.635. The highest BCUT2D eigenvalue weighted by Gasteiger charge is 2.41. The van der Waals surface area contributed by atoms with Crippen LogP contribution in [0.15, 0.2) is 0 Å². The molecule has 7 nitrogen and oxygen atoms in total. The van der Waals surface area contributed by atoms with Crippen molar-refractivity contribution >= 4 is 5.91 Å². The molecule has 0 unspecified atom stereocenters. The van der Waals surface area contributed by atoms with Crippen molar-refractivity contribution in [3.8, 4) is 0 Å². The lowest BCUT2D eigenvalue weighted by Crippen LogP contribution is -2.52. The number of amides is 1. The van der Waals surface area contributed by atoms with Crippen molar-refractivity contribution in [2.45, 2.75) is 45.2 Å². The van der Waals surface area contributed by atoms with Crippen molar-refractivity contribution < 1.29 is 23.7 Å². The maximum absolute atomic E-state index is 10.8. The molecule has 2 heterocycles. The van der Waals surface area contributed by atoms with Gasteiger partial charge >= 0.3 is 0 Å². The van der Waals surface area contributed by atoms with E-state index in [0.717, 1.165) is 32.2 Å². The second kappa shape index (κ2) is 9.54. The molecule has 2 N–H and O–H groups in total. The van der Waals surface area contributed by atoms with Gasteiger partial charge in [0.05, 0.1) is 31.8 Å². The van der Waals surface area contributed by atoms with Gasteiger partial charge in [-0.3, -0.25) is 4.79 Å². The number of carbonyl (C=O) groups is 1. The topological polar surface area (TPSA) is 78.0 Å². The van der Waals surface area contributed by atoms with Gasteiger partial charge in [0.1, 0.15) is 0 Å². The van der Waals surface area contributed by atoms with Crippen LogP contribution in [0.25, 0.3) is 0 Å². The summed E-state index contributed by atoms with van der Waals surface area (Å²) in [6.45, 7) is 5.59. The molecule has 2 aliphatic rings. The van der Waals surface area contributed by atoms with Gasteiger partial charge in [0.15, 0.2) is 12.6 Å². The minimum Gasteiger partial charge on any atom is -0.356 e. The van der Waals surface area contributed by atoms with Crippen molar-refractivity contribution in [1.82, 2.24) is 10.6 Å². The molecule has 0 radical (unpaired) electrons. The molecule has 0 atom stereocenters. The third-order valence-electron chi connectivity index (χ3n) is 4.16. The van der Waals surface area contributed by atoms with Crippen molar-refractivity contribution in [2.24, 2.45) is 5.41 Å². The van der Waals surface area contributed by atoms with Crippen LogP contribution < -0.4 is 10.6 Å². The molecule has 2 aliphatic heterocycles. The third-order valence-corrected chi connectivity index (χ3v) is 4.16. The van der Waals surface area contributed by atoms with Gasteiger partial charge in [0.25, 0.3) is 0 Å². The van der Waals surface area contributed by atoms with E-state index in [-0.39, 0.29) is 23.9 Å². The summed E-state index contributed by atoms with van der Waals surface area (Å²) in [7, 11) is 1.95. The molecule has 0 aromatic heterocycles. The van der Waals surface area contributed by atoms with E-state index < -0.39 is 0 Å². The van der Waals surface area contributed by atoms with Gasteiger partial charge in [-0.25, -0.2) is 0 Å². The van der Waals surface area contributed by atoms with Gasteiger partial charge in [0, 0.05) is 19.9 Å². The first-order valence-electron chi connectivity index (χ1n) is 8.49. The normalized spacial score (nSPS) is 31.2. The van der Waals surface area contributed by atoms with Gasteiger partial charge < -0.3 is 29.6 Å². The van der Waals surface area contributed by atoms with E-state index in [1.807, 2.05) is 7.05 Å². The summed E-state index contributed by atoms with van der Waals surface area (Å²) in [5.74, 6) is -0.00444. The molecular weight excluding hydrogens is 300 g/mol. The van der Waals surface area contributed by atoms with E-state index in [9.17, 15) is 4.79 Å². The Morgan fingerprint density at radius 2 is 1.43 bits per heavy atom. The predicted molar refractivity (Wildman–Crippen MR) is 84.9 cm³/mol. The van der Waals surface area contributed by atoms with Crippen LogP contribution in [-0.4, -0.2) is 65.1 Å². The zero-order valence-corrected chi connectivity index (χ0v) is 14.3. The number of hydrogen-bond donors (Lipinski definition) is 2. The summed E-state index contributed by atoms with van der Waals surface area (Å²) in [5.41, 5.74) is -0.173. The zero-order valence-electron chi connectivity index (χ0n) is 14.3. The summed E-state index contributed by atoms with van der Waals surface area (Å²) in [6.07, 6.45) is 3.27. The number of ether oxygens (including phenoxy) is 4. The van der Waals surface area contributed by atoms with Crippen LogP contribution in [0.4, 0.5) is 0 Å². The van der Waals surface area contributed by atoms with Crippen LogP contribution in [0, 0.1) is 5.41 Å². The lowest BCUT2D eigenvalue weighted by atomic mass is 9.90. The Kier molecular flexibility index (Phi) is 7.72. The number of hydrogen-bond acceptors (Lipinski definition) is 6. The van der Waals surface area contributed by atoms with E-state index in [0.29, 0.717) is 33.0 Å². The maximum Gasteiger partial charge on any atom is 0.216 e. The van der Waals surface area contributed by atoms with E-state index in [1.54, 1.807) is 0 Å². The average molecular weight is 330 g/mol. The van der Waals surface area contributed by atoms with Crippen molar-refractivity contribution in [2.75, 3.05) is 46.6 Å². The van der Waals surface area contributed by atoms with Crippen molar-refractivity contribution in [1.29, 1.82) is 0 Å². The smallest absolute Gasteiger partial charge is 0.216 e. The molecule has 2 fully saturated rings. The average Bonchev–Trinajstić information content (AvgIpc) is 2.55. The van der Waals surface area contributed by atoms with Crippen molar-refractivity contribution in [3.63, 3.8) is 0 Å². The third kappa shape index (κ3) is 6.35. The number of nitrogens with one attached hydrogen (secondary N) is 2. The molecule has 2 saturated heterocycles. The molecular formula is C16H30N2O5. The summed E-state index contributed by atoms with van der Waals surface area (Å²) in [5, 5.41) is 5.89. The molecule has 1 spiro atoms. The Balaban J connectivity index is 1.60. The summed E-state index contributed by atoms with van der Waals surface area (Å²) in [6, 6.07) is 0. The van der Waals surface area contributed by atoms with E-state index in [4.69, 9.17) is 18.9 Å².